The molecule has 1 N–H and O–H groups in total. The first-order chi connectivity index (χ1) is 18.7. The molecule has 0 aliphatic heterocycles. The summed E-state index contributed by atoms with van der Waals surface area (Å²) in [5.74, 6) is 0.329. The smallest absolute Gasteiger partial charge is 0.429 e. The summed E-state index contributed by atoms with van der Waals surface area (Å²) in [7, 11) is -5.33. The molecule has 0 aromatic heterocycles. The highest BCUT2D eigenvalue weighted by Crippen LogP contribution is 2.37. The molecule has 0 saturated heterocycles. The van der Waals surface area contributed by atoms with Crippen molar-refractivity contribution in [3.05, 3.63) is 95.6 Å². The van der Waals surface area contributed by atoms with E-state index in [1.807, 2.05) is 36.4 Å². The molecule has 0 spiro atoms. The number of aliphatic hydroxyl groups is 1. The van der Waals surface area contributed by atoms with Gasteiger partial charge in [0.2, 0.25) is 0 Å². The van der Waals surface area contributed by atoms with Gasteiger partial charge < -0.3 is 19.0 Å². The van der Waals surface area contributed by atoms with Crippen LogP contribution in [0.2, 0.25) is 18.1 Å². The van der Waals surface area contributed by atoms with Crippen LogP contribution >= 0.6 is 0 Å². The van der Waals surface area contributed by atoms with Crippen LogP contribution in [-0.2, 0) is 25.6 Å². The lowest BCUT2D eigenvalue weighted by Crippen LogP contribution is -2.40. The monoisotopic (exact) mass is 582 g/mol. The van der Waals surface area contributed by atoms with Crippen LogP contribution in [0.25, 0.3) is 11.1 Å². The number of sulfone groups is 1. The molecule has 0 fully saturated rings. The van der Waals surface area contributed by atoms with E-state index in [0.29, 0.717) is 29.1 Å². The first kappa shape index (κ1) is 31.3. The lowest BCUT2D eigenvalue weighted by Gasteiger charge is -2.36. The maximum atomic E-state index is 12.7. The fraction of sp³-hybridized carbons (Fsp3) is 0.323. The third-order valence-corrected chi connectivity index (χ3v) is 12.7. The first-order valence-electron chi connectivity index (χ1n) is 13.0. The van der Waals surface area contributed by atoms with Gasteiger partial charge in [0, 0.05) is 11.8 Å². The van der Waals surface area contributed by atoms with E-state index >= 15 is 0 Å². The number of aliphatic hydroxyl groups excluding tert-OH is 1. The minimum Gasteiger partial charge on any atom is -0.429 e. The average molecular weight is 583 g/mol. The highest BCUT2D eigenvalue weighted by molar-refractivity contribution is 7.90. The van der Waals surface area contributed by atoms with E-state index < -0.39 is 24.3 Å². The topological polar surface area (TPSA) is 99.1 Å². The Bertz CT molecular complexity index is 1440. The van der Waals surface area contributed by atoms with E-state index in [1.54, 1.807) is 30.3 Å². The number of hydrogen-bond donors (Lipinski definition) is 1. The molecule has 0 saturated carbocycles. The molecule has 0 heterocycles. The standard InChI is InChI=1S/C31H38O7SSi/c1-31(2,3)40(5,6)37-21-23-11-10-14-26(19-23)38-30(33)36-22-29(28(20-32)24-12-8-7-9-13-24)25-15-17-27(18-16-25)39(4,34)35/h7-19,32H,20-22H2,1-6H3. The second kappa shape index (κ2) is 12.9. The zero-order valence-electron chi connectivity index (χ0n) is 23.9. The first-order valence-corrected chi connectivity index (χ1v) is 17.8. The summed E-state index contributed by atoms with van der Waals surface area (Å²) >= 11 is 0. The van der Waals surface area contributed by atoms with Gasteiger partial charge in [0.05, 0.1) is 18.1 Å². The molecule has 40 heavy (non-hydrogen) atoms. The van der Waals surface area contributed by atoms with Crippen LogP contribution in [0.5, 0.6) is 5.75 Å². The normalized spacial score (nSPS) is 13.0. The Morgan fingerprint density at radius 2 is 1.50 bits per heavy atom. The highest BCUT2D eigenvalue weighted by Gasteiger charge is 2.37. The van der Waals surface area contributed by atoms with E-state index in [0.717, 1.165) is 17.4 Å². The minimum absolute atomic E-state index is 0.0778. The van der Waals surface area contributed by atoms with Crippen molar-refractivity contribution in [3.63, 3.8) is 0 Å². The summed E-state index contributed by atoms with van der Waals surface area (Å²) in [6.07, 6.45) is 0.230. The Morgan fingerprint density at radius 1 is 0.875 bits per heavy atom. The van der Waals surface area contributed by atoms with Gasteiger partial charge in [-0.2, -0.15) is 0 Å². The van der Waals surface area contributed by atoms with Crippen LogP contribution in [-0.4, -0.2) is 47.5 Å². The summed E-state index contributed by atoms with van der Waals surface area (Å²) in [5, 5.41) is 10.3. The molecule has 9 heteroatoms. The maximum Gasteiger partial charge on any atom is 0.514 e. The van der Waals surface area contributed by atoms with Crippen molar-refractivity contribution in [2.45, 2.75) is 50.4 Å². The van der Waals surface area contributed by atoms with Gasteiger partial charge in [0.15, 0.2) is 18.2 Å². The summed E-state index contributed by atoms with van der Waals surface area (Å²) in [4.78, 5) is 12.9. The number of carbonyl (C=O) groups is 1. The number of rotatable bonds is 10. The number of hydrogen-bond acceptors (Lipinski definition) is 7. The Kier molecular flexibility index (Phi) is 10.1. The predicted octanol–water partition coefficient (Wildman–Crippen LogP) is 6.73. The van der Waals surface area contributed by atoms with Crippen LogP contribution < -0.4 is 4.74 Å². The molecule has 0 radical (unpaired) electrons. The van der Waals surface area contributed by atoms with E-state index in [2.05, 4.69) is 33.9 Å². The molecule has 0 bridgehead atoms. The Balaban J connectivity index is 1.79. The molecule has 0 aliphatic carbocycles. The van der Waals surface area contributed by atoms with E-state index in [-0.39, 0.29) is 23.1 Å². The molecule has 3 aromatic rings. The lowest BCUT2D eigenvalue weighted by molar-refractivity contribution is 0.111. The van der Waals surface area contributed by atoms with Crippen molar-refractivity contribution in [1.29, 1.82) is 0 Å². The lowest BCUT2D eigenvalue weighted by atomic mass is 9.95. The molecule has 0 atom stereocenters. The second-order valence-corrected chi connectivity index (χ2v) is 17.9. The molecule has 7 nitrogen and oxygen atoms in total. The average Bonchev–Trinajstić information content (AvgIpc) is 2.89. The van der Waals surface area contributed by atoms with Crippen molar-refractivity contribution in [2.75, 3.05) is 19.5 Å². The molecule has 0 unspecified atom stereocenters. The number of ether oxygens (including phenoxy) is 2. The summed E-state index contributed by atoms with van der Waals surface area (Å²) in [5.41, 5.74) is 3.32. The van der Waals surface area contributed by atoms with Crippen LogP contribution in [0, 0.1) is 0 Å². The summed E-state index contributed by atoms with van der Waals surface area (Å²) < 4.78 is 41.1. The van der Waals surface area contributed by atoms with Crippen molar-refractivity contribution in [1.82, 2.24) is 0 Å². The van der Waals surface area contributed by atoms with Gasteiger partial charge in [-0.05, 0) is 64.7 Å². The van der Waals surface area contributed by atoms with Gasteiger partial charge in [-0.25, -0.2) is 13.2 Å². The van der Waals surface area contributed by atoms with Crippen molar-refractivity contribution in [2.24, 2.45) is 0 Å². The van der Waals surface area contributed by atoms with Gasteiger partial charge in [0.1, 0.15) is 12.4 Å². The Morgan fingerprint density at radius 3 is 2.08 bits per heavy atom. The fourth-order valence-corrected chi connectivity index (χ4v) is 5.28. The van der Waals surface area contributed by atoms with Crippen molar-refractivity contribution in [3.8, 4) is 5.75 Å². The van der Waals surface area contributed by atoms with Crippen LogP contribution in [0.4, 0.5) is 4.79 Å². The van der Waals surface area contributed by atoms with Gasteiger partial charge in [-0.15, -0.1) is 0 Å². The third-order valence-electron chi connectivity index (χ3n) is 7.12. The fourth-order valence-electron chi connectivity index (χ4n) is 3.68. The summed E-state index contributed by atoms with van der Waals surface area (Å²) in [6, 6.07) is 22.6. The molecule has 3 rings (SSSR count). The summed E-state index contributed by atoms with van der Waals surface area (Å²) in [6.45, 7) is 10.8. The minimum atomic E-state index is -3.38. The Hall–Kier alpha value is -3.24. The number of carbonyl (C=O) groups excluding carboxylic acids is 1. The largest absolute Gasteiger partial charge is 0.514 e. The highest BCUT2D eigenvalue weighted by atomic mass is 32.2. The molecule has 0 amide bonds. The molecule has 214 valence electrons. The SMILES string of the molecule is CC(C)(C)[Si](C)(C)OCc1cccc(OC(=O)OCC(=C(CO)c2ccccc2)c2ccc(S(C)(=O)=O)cc2)c1. The third kappa shape index (κ3) is 8.38. The zero-order valence-corrected chi connectivity index (χ0v) is 25.7. The molecule has 0 aliphatic rings. The van der Waals surface area contributed by atoms with E-state index in [4.69, 9.17) is 13.9 Å². The van der Waals surface area contributed by atoms with Crippen molar-refractivity contribution < 1.29 is 32.2 Å². The molecular weight excluding hydrogens is 544 g/mol. The van der Waals surface area contributed by atoms with Gasteiger partial charge in [0.25, 0.3) is 0 Å². The predicted molar refractivity (Wildman–Crippen MR) is 160 cm³/mol. The van der Waals surface area contributed by atoms with Crippen LogP contribution in [0.1, 0.15) is 37.5 Å². The Labute approximate surface area is 238 Å². The molecule has 3 aromatic carbocycles. The zero-order chi connectivity index (χ0) is 29.6. The van der Waals surface area contributed by atoms with E-state index in [9.17, 15) is 18.3 Å². The van der Waals surface area contributed by atoms with Crippen LogP contribution in [0.15, 0.2) is 83.8 Å². The molecular formula is C31H38O7SSi. The van der Waals surface area contributed by atoms with Gasteiger partial charge in [-0.3, -0.25) is 0 Å². The number of benzene rings is 3. The van der Waals surface area contributed by atoms with Crippen LogP contribution in [0.3, 0.4) is 0 Å². The van der Waals surface area contributed by atoms with Crippen molar-refractivity contribution >= 4 is 35.5 Å². The van der Waals surface area contributed by atoms with E-state index in [1.165, 1.54) is 12.1 Å². The quantitative estimate of drug-likeness (QED) is 0.122. The van der Waals surface area contributed by atoms with Gasteiger partial charge >= 0.3 is 6.16 Å². The second-order valence-electron chi connectivity index (χ2n) is 11.1. The maximum absolute atomic E-state index is 12.7. The van der Waals surface area contributed by atoms with Gasteiger partial charge in [-0.1, -0.05) is 75.4 Å².